The average Bonchev–Trinajstić information content (AvgIpc) is 3.38. The highest BCUT2D eigenvalue weighted by atomic mass is 79.9. The van der Waals surface area contributed by atoms with E-state index in [0.717, 1.165) is 36.6 Å². The predicted molar refractivity (Wildman–Crippen MR) is 191 cm³/mol. The molecule has 0 aliphatic heterocycles. The van der Waals surface area contributed by atoms with Gasteiger partial charge in [-0.05, 0) is 121 Å². The highest BCUT2D eigenvalue weighted by molar-refractivity contribution is 9.10. The van der Waals surface area contributed by atoms with Crippen LogP contribution in [-0.2, 0) is 19.1 Å². The van der Waals surface area contributed by atoms with Crippen LogP contribution in [0.15, 0.2) is 52.5 Å². The molecule has 10 atom stereocenters. The van der Waals surface area contributed by atoms with Gasteiger partial charge in [0.1, 0.15) is 6.10 Å². The van der Waals surface area contributed by atoms with Crippen LogP contribution >= 0.6 is 15.9 Å². The molecule has 0 saturated heterocycles. The minimum Gasteiger partial charge on any atom is -0.462 e. The number of hydrogen-bond donors (Lipinski definition) is 0. The Bertz CT molecular complexity index is 1420. The fraction of sp³-hybridized carbons (Fsp3) is 0.707. The SMILES string of the molecule is CC[C@H](/C=C/[C@@H](C)[C@H]1CC[C@H]2[C@@H]3CC=C4C[C@@H](OC(C)=O)CC[C@]4(C)[C@H]3CC[C@]12C)C(C)(C)[C@H](C(=O)OCC(F)(F)F)c1ccc(Br)cc1. The Morgan fingerprint density at radius 1 is 1.02 bits per heavy atom. The van der Waals surface area contributed by atoms with E-state index in [-0.39, 0.29) is 28.8 Å². The predicted octanol–water partition coefficient (Wildman–Crippen LogP) is 11.4. The lowest BCUT2D eigenvalue weighted by molar-refractivity contribution is -0.189. The molecule has 5 rings (SSSR count). The van der Waals surface area contributed by atoms with E-state index in [1.165, 1.54) is 38.2 Å². The fourth-order valence-corrected chi connectivity index (χ4v) is 11.5. The molecular formula is C41H56BrF3O4. The number of allylic oxidation sites excluding steroid dienone is 3. The highest BCUT2D eigenvalue weighted by Crippen LogP contribution is 2.67. The van der Waals surface area contributed by atoms with Gasteiger partial charge in [0.2, 0.25) is 0 Å². The Hall–Kier alpha value is -2.09. The number of fused-ring (bicyclic) bond motifs is 5. The van der Waals surface area contributed by atoms with Gasteiger partial charge in [-0.1, -0.05) is 93.4 Å². The quantitative estimate of drug-likeness (QED) is 0.177. The third-order valence-corrected chi connectivity index (χ3v) is 14.2. The molecule has 4 aliphatic carbocycles. The number of carbonyl (C=O) groups is 2. The molecule has 0 heterocycles. The standard InChI is InChI=1S/C41H56BrF3O4/c1-8-28(38(4,5)36(27-10-14-30(42)15-11-27)37(47)48-24-41(43,44)45)12-9-25(2)33-17-18-34-32-16-13-29-23-31(49-26(3)46)19-21-39(29,6)35(32)20-22-40(33,34)7/h9-15,25,28,31-36H,8,16-24H2,1-7H3/b12-9+/t25-,28-,31+,32+,33-,34+,35+,36+,39+,40-/m1/s1. The van der Waals surface area contributed by atoms with Crippen LogP contribution in [0.2, 0.25) is 0 Å². The largest absolute Gasteiger partial charge is 0.462 e. The molecule has 0 bridgehead atoms. The van der Waals surface area contributed by atoms with Gasteiger partial charge >= 0.3 is 18.1 Å². The first-order chi connectivity index (χ1) is 22.9. The van der Waals surface area contributed by atoms with E-state index in [1.54, 1.807) is 12.1 Å². The van der Waals surface area contributed by atoms with Gasteiger partial charge in [-0.25, -0.2) is 0 Å². The van der Waals surface area contributed by atoms with Gasteiger partial charge in [0, 0.05) is 17.8 Å². The normalized spacial score (nSPS) is 33.4. The number of hydrogen-bond acceptors (Lipinski definition) is 4. The second-order valence-corrected chi connectivity index (χ2v) is 17.7. The summed E-state index contributed by atoms with van der Waals surface area (Å²) < 4.78 is 50.6. The number of halogens is 4. The Kier molecular flexibility index (Phi) is 11.3. The van der Waals surface area contributed by atoms with Gasteiger partial charge in [0.05, 0.1) is 5.92 Å². The summed E-state index contributed by atoms with van der Waals surface area (Å²) >= 11 is 3.43. The summed E-state index contributed by atoms with van der Waals surface area (Å²) in [6.45, 7) is 13.3. The zero-order valence-electron chi connectivity index (χ0n) is 30.4. The van der Waals surface area contributed by atoms with Gasteiger partial charge in [0.15, 0.2) is 6.61 Å². The Morgan fingerprint density at radius 3 is 2.35 bits per heavy atom. The van der Waals surface area contributed by atoms with Crippen LogP contribution in [0.5, 0.6) is 0 Å². The van der Waals surface area contributed by atoms with Crippen LogP contribution in [0, 0.1) is 51.8 Å². The molecule has 8 heteroatoms. The molecule has 4 aliphatic rings. The van der Waals surface area contributed by atoms with Crippen molar-refractivity contribution >= 4 is 27.9 Å². The Balaban J connectivity index is 1.32. The number of rotatable bonds is 10. The van der Waals surface area contributed by atoms with Crippen molar-refractivity contribution in [2.75, 3.05) is 6.61 Å². The zero-order chi connectivity index (χ0) is 35.9. The van der Waals surface area contributed by atoms with Crippen molar-refractivity contribution in [2.45, 2.75) is 124 Å². The molecule has 1 aromatic rings. The van der Waals surface area contributed by atoms with Gasteiger partial charge < -0.3 is 9.47 Å². The summed E-state index contributed by atoms with van der Waals surface area (Å²) in [4.78, 5) is 25.0. The molecule has 3 fully saturated rings. The van der Waals surface area contributed by atoms with Gasteiger partial charge in [-0.2, -0.15) is 13.2 Å². The maximum absolute atomic E-state index is 13.4. The number of esters is 2. The van der Waals surface area contributed by atoms with E-state index in [4.69, 9.17) is 9.47 Å². The summed E-state index contributed by atoms with van der Waals surface area (Å²) in [6.07, 6.45) is 12.2. The van der Waals surface area contributed by atoms with E-state index in [0.29, 0.717) is 35.2 Å². The summed E-state index contributed by atoms with van der Waals surface area (Å²) in [5.41, 5.74) is 1.91. The smallest absolute Gasteiger partial charge is 0.422 e. The Labute approximate surface area is 300 Å². The third-order valence-electron chi connectivity index (χ3n) is 13.7. The molecule has 0 unspecified atom stereocenters. The van der Waals surface area contributed by atoms with E-state index < -0.39 is 30.1 Å². The molecule has 49 heavy (non-hydrogen) atoms. The molecule has 4 nitrogen and oxygen atoms in total. The summed E-state index contributed by atoms with van der Waals surface area (Å²) in [5.74, 6) is 0.983. The first-order valence-corrected chi connectivity index (χ1v) is 19.2. The van der Waals surface area contributed by atoms with Crippen LogP contribution in [-0.4, -0.2) is 30.8 Å². The second-order valence-electron chi connectivity index (χ2n) is 16.7. The third kappa shape index (κ3) is 7.74. The monoisotopic (exact) mass is 748 g/mol. The van der Waals surface area contributed by atoms with Crippen molar-refractivity contribution in [2.24, 2.45) is 51.8 Å². The maximum atomic E-state index is 13.4. The highest BCUT2D eigenvalue weighted by Gasteiger charge is 2.59. The maximum Gasteiger partial charge on any atom is 0.422 e. The van der Waals surface area contributed by atoms with E-state index in [9.17, 15) is 22.8 Å². The van der Waals surface area contributed by atoms with E-state index in [1.807, 2.05) is 26.0 Å². The number of alkyl halides is 3. The van der Waals surface area contributed by atoms with Crippen molar-refractivity contribution in [3.8, 4) is 0 Å². The molecule has 272 valence electrons. The minimum atomic E-state index is -4.59. The molecule has 1 aromatic carbocycles. The lowest BCUT2D eigenvalue weighted by atomic mass is 9.47. The first-order valence-electron chi connectivity index (χ1n) is 18.4. The van der Waals surface area contributed by atoms with E-state index in [2.05, 4.69) is 61.9 Å². The van der Waals surface area contributed by atoms with Crippen LogP contribution < -0.4 is 0 Å². The first kappa shape index (κ1) is 38.1. The molecule has 0 radical (unpaired) electrons. The molecule has 0 amide bonds. The number of benzene rings is 1. The van der Waals surface area contributed by atoms with Gasteiger partial charge in [-0.3, -0.25) is 9.59 Å². The lowest BCUT2D eigenvalue weighted by Crippen LogP contribution is -2.51. The minimum absolute atomic E-state index is 0.0123. The fourth-order valence-electron chi connectivity index (χ4n) is 11.2. The average molecular weight is 750 g/mol. The van der Waals surface area contributed by atoms with Crippen molar-refractivity contribution in [1.82, 2.24) is 0 Å². The Morgan fingerprint density at radius 2 is 1.71 bits per heavy atom. The number of carbonyl (C=O) groups excluding carboxylic acids is 2. The summed E-state index contributed by atoms with van der Waals surface area (Å²) in [7, 11) is 0. The number of ether oxygens (including phenoxy) is 2. The van der Waals surface area contributed by atoms with Crippen LogP contribution in [0.3, 0.4) is 0 Å². The second kappa shape index (κ2) is 14.5. The van der Waals surface area contributed by atoms with Crippen LogP contribution in [0.1, 0.15) is 118 Å². The molecular weight excluding hydrogens is 693 g/mol. The van der Waals surface area contributed by atoms with Crippen molar-refractivity contribution in [1.29, 1.82) is 0 Å². The van der Waals surface area contributed by atoms with Crippen LogP contribution in [0.4, 0.5) is 13.2 Å². The van der Waals surface area contributed by atoms with Crippen molar-refractivity contribution in [3.63, 3.8) is 0 Å². The zero-order valence-corrected chi connectivity index (χ0v) is 32.0. The van der Waals surface area contributed by atoms with Crippen molar-refractivity contribution < 1.29 is 32.2 Å². The van der Waals surface area contributed by atoms with E-state index >= 15 is 0 Å². The molecule has 0 N–H and O–H groups in total. The lowest BCUT2D eigenvalue weighted by Gasteiger charge is -2.58. The summed E-state index contributed by atoms with van der Waals surface area (Å²) in [5, 5.41) is 0. The van der Waals surface area contributed by atoms with Gasteiger partial charge in [0.25, 0.3) is 0 Å². The topological polar surface area (TPSA) is 52.6 Å². The van der Waals surface area contributed by atoms with Crippen molar-refractivity contribution in [3.05, 3.63) is 58.1 Å². The molecule has 0 aromatic heterocycles. The van der Waals surface area contributed by atoms with Crippen LogP contribution in [0.25, 0.3) is 0 Å². The molecule has 3 saturated carbocycles. The summed E-state index contributed by atoms with van der Waals surface area (Å²) in [6, 6.07) is 7.24. The molecule has 0 spiro atoms. The van der Waals surface area contributed by atoms with Gasteiger partial charge in [-0.15, -0.1) is 0 Å².